The highest BCUT2D eigenvalue weighted by molar-refractivity contribution is 9.10. The molecule has 0 saturated heterocycles. The van der Waals surface area contributed by atoms with Gasteiger partial charge in [-0.2, -0.15) is 0 Å². The molecule has 1 unspecified atom stereocenters. The molecule has 6 heteroatoms. The summed E-state index contributed by atoms with van der Waals surface area (Å²) in [5.41, 5.74) is 7.42. The van der Waals surface area contributed by atoms with Crippen molar-refractivity contribution < 1.29 is 14.3 Å². The molecule has 0 aliphatic rings. The van der Waals surface area contributed by atoms with E-state index in [-0.39, 0.29) is 0 Å². The average Bonchev–Trinajstić information content (AvgIpc) is 2.56. The van der Waals surface area contributed by atoms with Crippen molar-refractivity contribution in [2.45, 2.75) is 26.9 Å². The first kappa shape index (κ1) is 18.0. The summed E-state index contributed by atoms with van der Waals surface area (Å²) in [6.45, 7) is 5.60. The minimum atomic E-state index is -0.744. The van der Waals surface area contributed by atoms with Gasteiger partial charge in [0.1, 0.15) is 5.75 Å². The Labute approximate surface area is 149 Å². The Bertz CT molecular complexity index is 762. The van der Waals surface area contributed by atoms with E-state index in [1.807, 2.05) is 32.0 Å². The Morgan fingerprint density at radius 1 is 1.04 bits per heavy atom. The van der Waals surface area contributed by atoms with Crippen LogP contribution in [0.2, 0.25) is 0 Å². The normalized spacial score (nSPS) is 11.5. The van der Waals surface area contributed by atoms with Gasteiger partial charge in [0.25, 0.3) is 11.8 Å². The van der Waals surface area contributed by atoms with Gasteiger partial charge >= 0.3 is 0 Å². The molecule has 1 atom stereocenters. The molecule has 5 nitrogen and oxygen atoms in total. The van der Waals surface area contributed by atoms with Crippen LogP contribution in [-0.4, -0.2) is 17.9 Å². The van der Waals surface area contributed by atoms with Crippen LogP contribution >= 0.6 is 15.9 Å². The van der Waals surface area contributed by atoms with Crippen molar-refractivity contribution in [2.75, 3.05) is 0 Å². The van der Waals surface area contributed by atoms with E-state index in [9.17, 15) is 9.59 Å². The van der Waals surface area contributed by atoms with Gasteiger partial charge in [0.2, 0.25) is 0 Å². The molecule has 0 aliphatic carbocycles. The maximum absolute atomic E-state index is 12.1. The van der Waals surface area contributed by atoms with E-state index in [4.69, 9.17) is 4.74 Å². The predicted octanol–water partition coefficient (Wildman–Crippen LogP) is 3.29. The number of amides is 2. The lowest BCUT2D eigenvalue weighted by Gasteiger charge is -2.16. The van der Waals surface area contributed by atoms with Crippen molar-refractivity contribution >= 4 is 27.7 Å². The van der Waals surface area contributed by atoms with Crippen LogP contribution < -0.4 is 15.6 Å². The maximum Gasteiger partial charge on any atom is 0.279 e. The molecule has 2 aromatic rings. The Balaban J connectivity index is 1.91. The van der Waals surface area contributed by atoms with Crippen molar-refractivity contribution in [3.63, 3.8) is 0 Å². The van der Waals surface area contributed by atoms with E-state index >= 15 is 0 Å². The molecular weight excluding hydrogens is 372 g/mol. The third kappa shape index (κ3) is 4.58. The predicted molar refractivity (Wildman–Crippen MR) is 95.8 cm³/mol. The number of nitrogens with one attached hydrogen (secondary N) is 2. The third-order valence-electron chi connectivity index (χ3n) is 3.58. The quantitative estimate of drug-likeness (QED) is 0.786. The number of carbonyl (C=O) groups is 2. The molecule has 0 radical (unpaired) electrons. The van der Waals surface area contributed by atoms with E-state index in [0.29, 0.717) is 15.8 Å². The van der Waals surface area contributed by atoms with E-state index in [2.05, 4.69) is 26.8 Å². The standard InChI is InChI=1S/C18H19BrN2O3/c1-11-8-9-14(10-12(11)2)24-13(3)17(22)20-21-18(23)15-6-4-5-7-16(15)19/h4-10,13H,1-3H3,(H,20,22)(H,21,23). The van der Waals surface area contributed by atoms with Crippen LogP contribution in [-0.2, 0) is 4.79 Å². The minimum absolute atomic E-state index is 0.408. The van der Waals surface area contributed by atoms with Crippen LogP contribution in [0.15, 0.2) is 46.9 Å². The van der Waals surface area contributed by atoms with Crippen molar-refractivity contribution in [2.24, 2.45) is 0 Å². The van der Waals surface area contributed by atoms with Crippen molar-refractivity contribution in [1.29, 1.82) is 0 Å². The summed E-state index contributed by atoms with van der Waals surface area (Å²) >= 11 is 3.29. The lowest BCUT2D eigenvalue weighted by Crippen LogP contribution is -2.47. The van der Waals surface area contributed by atoms with Gasteiger partial charge in [0.15, 0.2) is 6.10 Å². The lowest BCUT2D eigenvalue weighted by atomic mass is 10.1. The molecule has 2 N–H and O–H groups in total. The monoisotopic (exact) mass is 390 g/mol. The highest BCUT2D eigenvalue weighted by Gasteiger charge is 2.16. The first-order valence-corrected chi connectivity index (χ1v) is 8.26. The zero-order valence-corrected chi connectivity index (χ0v) is 15.3. The molecule has 0 aromatic heterocycles. The van der Waals surface area contributed by atoms with Crippen LogP contribution in [0.1, 0.15) is 28.4 Å². The first-order valence-electron chi connectivity index (χ1n) is 7.47. The van der Waals surface area contributed by atoms with Crippen molar-refractivity contribution in [3.05, 3.63) is 63.6 Å². The van der Waals surface area contributed by atoms with Gasteiger partial charge in [-0.3, -0.25) is 20.4 Å². The third-order valence-corrected chi connectivity index (χ3v) is 4.27. The topological polar surface area (TPSA) is 67.4 Å². The SMILES string of the molecule is Cc1ccc(OC(C)C(=O)NNC(=O)c2ccccc2Br)cc1C. The molecule has 0 fully saturated rings. The van der Waals surface area contributed by atoms with Gasteiger partial charge in [0.05, 0.1) is 5.56 Å². The summed E-state index contributed by atoms with van der Waals surface area (Å²) < 4.78 is 6.25. The maximum atomic E-state index is 12.1. The number of hydrazine groups is 1. The van der Waals surface area contributed by atoms with Gasteiger partial charge in [-0.15, -0.1) is 0 Å². The Morgan fingerprint density at radius 2 is 1.75 bits per heavy atom. The molecule has 0 saturated carbocycles. The van der Waals surface area contributed by atoms with Gasteiger partial charge < -0.3 is 4.74 Å². The number of benzene rings is 2. The second kappa shape index (κ2) is 7.97. The first-order chi connectivity index (χ1) is 11.4. The van der Waals surface area contributed by atoms with Crippen molar-refractivity contribution in [1.82, 2.24) is 10.9 Å². The summed E-state index contributed by atoms with van der Waals surface area (Å²) in [4.78, 5) is 24.1. The van der Waals surface area contributed by atoms with Gasteiger partial charge in [-0.1, -0.05) is 18.2 Å². The van der Waals surface area contributed by atoms with Crippen LogP contribution in [0.3, 0.4) is 0 Å². The van der Waals surface area contributed by atoms with Gasteiger partial charge in [-0.05, 0) is 72.1 Å². The number of rotatable bonds is 4. The molecule has 0 bridgehead atoms. The Morgan fingerprint density at radius 3 is 2.42 bits per heavy atom. The molecule has 24 heavy (non-hydrogen) atoms. The number of hydrogen-bond acceptors (Lipinski definition) is 3. The van der Waals surface area contributed by atoms with Crippen LogP contribution in [0.5, 0.6) is 5.75 Å². The zero-order chi connectivity index (χ0) is 17.7. The number of carbonyl (C=O) groups excluding carboxylic acids is 2. The number of ether oxygens (including phenoxy) is 1. The fourth-order valence-corrected chi connectivity index (χ4v) is 2.44. The van der Waals surface area contributed by atoms with Crippen molar-refractivity contribution in [3.8, 4) is 5.75 Å². The molecule has 0 spiro atoms. The highest BCUT2D eigenvalue weighted by atomic mass is 79.9. The molecule has 2 aromatic carbocycles. The zero-order valence-electron chi connectivity index (χ0n) is 13.7. The van der Waals surface area contributed by atoms with Crippen LogP contribution in [0.25, 0.3) is 0 Å². The molecule has 0 heterocycles. The number of halogens is 1. The summed E-state index contributed by atoms with van der Waals surface area (Å²) in [7, 11) is 0. The summed E-state index contributed by atoms with van der Waals surface area (Å²) in [6, 6.07) is 12.6. The molecule has 0 aliphatic heterocycles. The number of hydrogen-bond donors (Lipinski definition) is 2. The lowest BCUT2D eigenvalue weighted by molar-refractivity contribution is -0.128. The van der Waals surface area contributed by atoms with E-state index in [0.717, 1.165) is 11.1 Å². The van der Waals surface area contributed by atoms with Gasteiger partial charge in [0, 0.05) is 4.47 Å². The number of aryl methyl sites for hydroxylation is 2. The average molecular weight is 391 g/mol. The smallest absolute Gasteiger partial charge is 0.279 e. The fourth-order valence-electron chi connectivity index (χ4n) is 1.98. The summed E-state index contributed by atoms with van der Waals surface area (Å²) in [5, 5.41) is 0. The van der Waals surface area contributed by atoms with Gasteiger partial charge in [-0.25, -0.2) is 0 Å². The Kier molecular flexibility index (Phi) is 5.98. The van der Waals surface area contributed by atoms with E-state index < -0.39 is 17.9 Å². The van der Waals surface area contributed by atoms with Crippen LogP contribution in [0, 0.1) is 13.8 Å². The van der Waals surface area contributed by atoms with E-state index in [1.165, 1.54) is 0 Å². The minimum Gasteiger partial charge on any atom is -0.481 e. The summed E-state index contributed by atoms with van der Waals surface area (Å²) in [5.74, 6) is -0.235. The molecule has 126 valence electrons. The second-order valence-corrected chi connectivity index (χ2v) is 6.28. The Hall–Kier alpha value is -2.34. The summed E-state index contributed by atoms with van der Waals surface area (Å²) in [6.07, 6.45) is -0.744. The molecular formula is C18H19BrN2O3. The van der Waals surface area contributed by atoms with Crippen LogP contribution in [0.4, 0.5) is 0 Å². The molecule has 2 amide bonds. The highest BCUT2D eigenvalue weighted by Crippen LogP contribution is 2.18. The fraction of sp³-hybridized carbons (Fsp3) is 0.222. The van der Waals surface area contributed by atoms with E-state index in [1.54, 1.807) is 31.2 Å². The molecule has 2 rings (SSSR count). The second-order valence-electron chi connectivity index (χ2n) is 5.43. The largest absolute Gasteiger partial charge is 0.481 e.